The Kier molecular flexibility index (Phi) is 9.07. The maximum absolute atomic E-state index is 8.32. The van der Waals surface area contributed by atoms with Crippen LogP contribution in [0.25, 0.3) is 76.4 Å². The van der Waals surface area contributed by atoms with Gasteiger partial charge in [0.05, 0.1) is 0 Å². The molecule has 0 unspecified atom stereocenters. The van der Waals surface area contributed by atoms with Crippen LogP contribution in [0.4, 0.5) is 0 Å². The van der Waals surface area contributed by atoms with Crippen molar-refractivity contribution >= 4 is 53.9 Å². The van der Waals surface area contributed by atoms with Crippen molar-refractivity contribution in [2.45, 2.75) is 39.5 Å². The third-order valence-electron chi connectivity index (χ3n) is 9.58. The molecule has 0 fully saturated rings. The summed E-state index contributed by atoms with van der Waals surface area (Å²) in [6, 6.07) is 52.9. The zero-order chi connectivity index (χ0) is 36.0. The van der Waals surface area contributed by atoms with Crippen LogP contribution >= 0.6 is 0 Å². The van der Waals surface area contributed by atoms with Gasteiger partial charge in [0.2, 0.25) is 0 Å². The van der Waals surface area contributed by atoms with Crippen LogP contribution in [0.3, 0.4) is 0 Å². The van der Waals surface area contributed by atoms with Gasteiger partial charge in [0.1, 0.15) is 0 Å². The average Bonchev–Trinajstić information content (AvgIpc) is 3.17. The smallest absolute Gasteiger partial charge is 0.0346 e. The molecule has 9 rings (SSSR count). The first-order valence-electron chi connectivity index (χ1n) is 18.1. The van der Waals surface area contributed by atoms with E-state index in [4.69, 9.17) is 2.74 Å². The van der Waals surface area contributed by atoms with Crippen molar-refractivity contribution in [3.05, 3.63) is 169 Å². The van der Waals surface area contributed by atoms with Crippen LogP contribution in [-0.2, 0) is 20.1 Å². The minimum Gasteiger partial charge on any atom is -0.305 e. The molecule has 251 valence electrons. The van der Waals surface area contributed by atoms with Gasteiger partial charge in [0.25, 0.3) is 0 Å². The Morgan fingerprint density at radius 1 is 0.451 bits per heavy atom. The van der Waals surface area contributed by atoms with E-state index in [1.54, 1.807) is 12.4 Å². The van der Waals surface area contributed by atoms with Crippen molar-refractivity contribution in [3.63, 3.8) is 0 Å². The van der Waals surface area contributed by atoms with Crippen molar-refractivity contribution in [1.29, 1.82) is 0 Å². The van der Waals surface area contributed by atoms with Gasteiger partial charge in [-0.25, -0.2) is 0 Å². The zero-order valence-electron chi connectivity index (χ0n) is 31.1. The molecule has 7 aromatic carbocycles. The van der Waals surface area contributed by atoms with Crippen molar-refractivity contribution in [2.75, 3.05) is 0 Å². The van der Waals surface area contributed by atoms with Gasteiger partial charge >= 0.3 is 0 Å². The number of fused-ring (bicyclic) bond motifs is 9. The molecule has 0 aliphatic heterocycles. The van der Waals surface area contributed by atoms with Crippen LogP contribution in [-0.4, -0.2) is 9.97 Å². The Balaban J connectivity index is 0.000000163. The second kappa shape index (κ2) is 14.6. The van der Waals surface area contributed by atoms with Gasteiger partial charge in [-0.05, 0) is 56.9 Å². The summed E-state index contributed by atoms with van der Waals surface area (Å²) in [5.41, 5.74) is 5.55. The standard InChI is InChI=1S/C26H20N.C22H18N.Ir/c1-17(2)18-13-14-27-26(16-18)19-11-12-24-22-9-4-3-7-20(22)21-8-5-6-10-23(21)25(24)15-19;1-15(2)17-11-12-23-22(14-17)19-9-10-21-18(13-19)8-7-16-5-3-4-6-20(16)21;/h3-10,12-17H,1-2H3;3-8,10-15H,1-2H3;/q2*-1;/i17D;15D;. The Morgan fingerprint density at radius 3 is 1.47 bits per heavy atom. The van der Waals surface area contributed by atoms with E-state index in [0.29, 0.717) is 0 Å². The summed E-state index contributed by atoms with van der Waals surface area (Å²) in [6.45, 7) is 7.58. The molecule has 0 aliphatic rings. The second-order valence-electron chi connectivity index (χ2n) is 13.3. The summed E-state index contributed by atoms with van der Waals surface area (Å²) in [7, 11) is 0. The number of benzene rings is 7. The van der Waals surface area contributed by atoms with Crippen LogP contribution in [0.15, 0.2) is 146 Å². The first-order valence-corrected chi connectivity index (χ1v) is 17.1. The first-order chi connectivity index (χ1) is 25.0. The van der Waals surface area contributed by atoms with Crippen molar-refractivity contribution in [3.8, 4) is 22.5 Å². The number of hydrogen-bond donors (Lipinski definition) is 0. The minimum atomic E-state index is -0.655. The Labute approximate surface area is 316 Å². The number of aromatic nitrogens is 2. The van der Waals surface area contributed by atoms with E-state index >= 15 is 0 Å². The molecule has 0 bridgehead atoms. The minimum absolute atomic E-state index is 0. The fourth-order valence-corrected chi connectivity index (χ4v) is 6.86. The summed E-state index contributed by atoms with van der Waals surface area (Å²) in [6.07, 6.45) is 3.57. The normalized spacial score (nSPS) is 12.3. The number of rotatable bonds is 4. The third kappa shape index (κ3) is 6.68. The molecular weight excluding hydrogens is 797 g/mol. The molecule has 1 radical (unpaired) electrons. The fraction of sp³-hybridized carbons (Fsp3) is 0.125. The van der Waals surface area contributed by atoms with E-state index in [-0.39, 0.29) is 20.1 Å². The summed E-state index contributed by atoms with van der Waals surface area (Å²) >= 11 is 0. The molecule has 9 aromatic rings. The van der Waals surface area contributed by atoms with E-state index in [0.717, 1.165) is 33.6 Å². The molecule has 0 aliphatic carbocycles. The fourth-order valence-electron chi connectivity index (χ4n) is 6.86. The predicted octanol–water partition coefficient (Wildman–Crippen LogP) is 13.1. The molecule has 2 nitrogen and oxygen atoms in total. The summed E-state index contributed by atoms with van der Waals surface area (Å²) in [5.74, 6) is -1.29. The van der Waals surface area contributed by atoms with Gasteiger partial charge in [-0.15, -0.1) is 52.9 Å². The van der Waals surface area contributed by atoms with Crippen molar-refractivity contribution in [1.82, 2.24) is 9.97 Å². The van der Waals surface area contributed by atoms with Crippen molar-refractivity contribution < 1.29 is 22.8 Å². The van der Waals surface area contributed by atoms with Gasteiger partial charge < -0.3 is 9.97 Å². The zero-order valence-corrected chi connectivity index (χ0v) is 31.5. The van der Waals surface area contributed by atoms with Gasteiger partial charge in [-0.3, -0.25) is 0 Å². The quantitative estimate of drug-likeness (QED) is 0.130. The van der Waals surface area contributed by atoms with E-state index in [9.17, 15) is 0 Å². The third-order valence-corrected chi connectivity index (χ3v) is 9.58. The number of pyridine rings is 2. The largest absolute Gasteiger partial charge is 0.305 e. The van der Waals surface area contributed by atoms with Crippen LogP contribution in [0.5, 0.6) is 0 Å². The molecule has 0 saturated carbocycles. The second-order valence-corrected chi connectivity index (χ2v) is 13.3. The molecule has 0 amide bonds. The topological polar surface area (TPSA) is 25.8 Å². The van der Waals surface area contributed by atoms with Crippen molar-refractivity contribution in [2.24, 2.45) is 0 Å². The van der Waals surface area contributed by atoms with Crippen LogP contribution in [0.1, 0.15) is 53.4 Å². The first kappa shape index (κ1) is 31.7. The molecule has 0 N–H and O–H groups in total. The maximum Gasteiger partial charge on any atom is 0.0346 e. The molecular formula is C48H38IrN2-2. The van der Waals surface area contributed by atoms with Gasteiger partial charge in [0.15, 0.2) is 0 Å². The van der Waals surface area contributed by atoms with Crippen LogP contribution in [0, 0.1) is 12.1 Å². The van der Waals surface area contributed by atoms with E-state index < -0.39 is 11.8 Å². The molecule has 0 saturated heterocycles. The monoisotopic (exact) mass is 837 g/mol. The van der Waals surface area contributed by atoms with Crippen LogP contribution in [0.2, 0.25) is 0 Å². The SMILES string of the molecule is [2H]C(C)(C)c1ccnc(-c2[c-]cc3c(ccc4ccccc43)c2)c1.[2H]C(C)(C)c1ccnc(-c2[c-]cc3c4ccccc4c4ccccc4c3c2)c1.[Ir]. The van der Waals surface area contributed by atoms with E-state index in [2.05, 4.69) is 125 Å². The molecule has 2 heterocycles. The molecule has 0 spiro atoms. The van der Waals surface area contributed by atoms with E-state index in [1.807, 2.05) is 58.0 Å². The van der Waals surface area contributed by atoms with E-state index in [1.165, 1.54) is 53.9 Å². The molecule has 51 heavy (non-hydrogen) atoms. The summed E-state index contributed by atoms with van der Waals surface area (Å²) in [5, 5.41) is 12.3. The Hall–Kier alpha value is -5.21. The molecule has 0 atom stereocenters. The Bertz CT molecular complexity index is 2740. The molecule has 2 aromatic heterocycles. The van der Waals surface area contributed by atoms with Crippen LogP contribution < -0.4 is 0 Å². The Morgan fingerprint density at radius 2 is 0.902 bits per heavy atom. The molecule has 3 heteroatoms. The summed E-state index contributed by atoms with van der Waals surface area (Å²) < 4.78 is 16.5. The van der Waals surface area contributed by atoms with Gasteiger partial charge in [-0.1, -0.05) is 163 Å². The summed E-state index contributed by atoms with van der Waals surface area (Å²) in [4.78, 5) is 9.04. The number of nitrogens with zero attached hydrogens (tertiary/aromatic N) is 2. The average molecular weight is 837 g/mol. The predicted molar refractivity (Wildman–Crippen MR) is 213 cm³/mol. The van der Waals surface area contributed by atoms with Gasteiger partial charge in [0, 0.05) is 35.2 Å². The number of hydrogen-bond acceptors (Lipinski definition) is 2. The maximum atomic E-state index is 8.32. The van der Waals surface area contributed by atoms with Gasteiger partial charge in [-0.2, -0.15) is 0 Å².